The minimum atomic E-state index is -0.373. The Labute approximate surface area is 98.1 Å². The van der Waals surface area contributed by atoms with Crippen LogP contribution in [0.15, 0.2) is 36.5 Å². The number of halogens is 1. The van der Waals surface area contributed by atoms with Crippen molar-refractivity contribution in [1.82, 2.24) is 4.98 Å². The molecule has 4 heteroatoms. The van der Waals surface area contributed by atoms with Gasteiger partial charge in [-0.05, 0) is 12.1 Å². The molecular weight excluding hydrogens is 219 g/mol. The fraction of sp³-hybridized carbons (Fsp3) is 0.0769. The summed E-state index contributed by atoms with van der Waals surface area (Å²) in [6.07, 6.45) is 1.39. The van der Waals surface area contributed by atoms with Crippen LogP contribution in [0.3, 0.4) is 0 Å². The predicted octanol–water partition coefficient (Wildman–Crippen LogP) is 2.77. The summed E-state index contributed by atoms with van der Waals surface area (Å²) in [5.74, 6) is -0.0724. The van der Waals surface area contributed by atoms with E-state index < -0.39 is 0 Å². The molecule has 0 aliphatic heterocycles. The molecule has 0 spiro atoms. The van der Waals surface area contributed by atoms with Crippen LogP contribution in [0.5, 0.6) is 5.88 Å². The molecule has 1 aromatic carbocycles. The topological polar surface area (TPSA) is 45.9 Å². The third-order valence-corrected chi connectivity index (χ3v) is 2.34. The number of hydrogen-bond acceptors (Lipinski definition) is 3. The normalized spacial score (nSPS) is 9.71. The molecule has 0 saturated heterocycles. The van der Waals surface area contributed by atoms with Crippen LogP contribution in [0, 0.1) is 17.1 Å². The van der Waals surface area contributed by atoms with E-state index >= 15 is 0 Å². The zero-order valence-electron chi connectivity index (χ0n) is 9.14. The van der Waals surface area contributed by atoms with E-state index in [2.05, 4.69) is 4.98 Å². The summed E-state index contributed by atoms with van der Waals surface area (Å²) in [4.78, 5) is 3.97. The number of benzene rings is 1. The molecule has 84 valence electrons. The van der Waals surface area contributed by atoms with Crippen molar-refractivity contribution in [3.8, 4) is 23.1 Å². The molecule has 0 aliphatic carbocycles. The summed E-state index contributed by atoms with van der Waals surface area (Å²) in [5, 5.41) is 8.82. The van der Waals surface area contributed by atoms with E-state index in [1.165, 1.54) is 19.4 Å². The molecule has 2 rings (SSSR count). The van der Waals surface area contributed by atoms with Crippen LogP contribution in [0.1, 0.15) is 5.56 Å². The van der Waals surface area contributed by atoms with Crippen LogP contribution in [0.2, 0.25) is 0 Å². The second-order valence-electron chi connectivity index (χ2n) is 3.37. The Kier molecular flexibility index (Phi) is 3.01. The van der Waals surface area contributed by atoms with Gasteiger partial charge in [-0.2, -0.15) is 5.26 Å². The van der Waals surface area contributed by atoms with Crippen LogP contribution in [0.4, 0.5) is 4.39 Å². The first-order valence-corrected chi connectivity index (χ1v) is 4.95. The fourth-order valence-corrected chi connectivity index (χ4v) is 1.55. The number of hydrogen-bond donors (Lipinski definition) is 0. The van der Waals surface area contributed by atoms with Gasteiger partial charge < -0.3 is 4.74 Å². The zero-order valence-corrected chi connectivity index (χ0v) is 9.14. The first kappa shape index (κ1) is 11.1. The summed E-state index contributed by atoms with van der Waals surface area (Å²) in [6, 6.07) is 9.83. The van der Waals surface area contributed by atoms with Crippen molar-refractivity contribution in [3.63, 3.8) is 0 Å². The van der Waals surface area contributed by atoms with Gasteiger partial charge in [0.2, 0.25) is 5.88 Å². The van der Waals surface area contributed by atoms with E-state index in [9.17, 15) is 4.39 Å². The summed E-state index contributed by atoms with van der Waals surface area (Å²) >= 11 is 0. The van der Waals surface area contributed by atoms with E-state index in [-0.39, 0.29) is 5.82 Å². The number of rotatable bonds is 2. The number of nitriles is 1. The SMILES string of the molecule is COc1ncc(C#N)cc1-c1ccccc1F. The molecule has 0 atom stereocenters. The Morgan fingerprint density at radius 2 is 2.06 bits per heavy atom. The van der Waals surface area contributed by atoms with Crippen molar-refractivity contribution in [2.75, 3.05) is 7.11 Å². The molecule has 3 nitrogen and oxygen atoms in total. The lowest BCUT2D eigenvalue weighted by Gasteiger charge is -2.08. The monoisotopic (exact) mass is 228 g/mol. The smallest absolute Gasteiger partial charge is 0.221 e. The minimum Gasteiger partial charge on any atom is -0.481 e. The van der Waals surface area contributed by atoms with Gasteiger partial charge in [-0.25, -0.2) is 9.37 Å². The zero-order chi connectivity index (χ0) is 12.3. The molecule has 1 aromatic heterocycles. The molecule has 0 unspecified atom stereocenters. The Morgan fingerprint density at radius 1 is 1.29 bits per heavy atom. The number of ether oxygens (including phenoxy) is 1. The van der Waals surface area contributed by atoms with Crippen molar-refractivity contribution in [3.05, 3.63) is 47.9 Å². The largest absolute Gasteiger partial charge is 0.481 e. The average molecular weight is 228 g/mol. The van der Waals surface area contributed by atoms with Gasteiger partial charge in [0.1, 0.15) is 11.9 Å². The van der Waals surface area contributed by atoms with E-state index in [0.717, 1.165) is 0 Å². The first-order valence-electron chi connectivity index (χ1n) is 4.95. The molecule has 0 fully saturated rings. The highest BCUT2D eigenvalue weighted by atomic mass is 19.1. The van der Waals surface area contributed by atoms with Crippen molar-refractivity contribution < 1.29 is 9.13 Å². The Bertz CT molecular complexity index is 590. The number of aromatic nitrogens is 1. The summed E-state index contributed by atoms with van der Waals surface area (Å²) in [5.41, 5.74) is 1.21. The highest BCUT2D eigenvalue weighted by Gasteiger charge is 2.12. The minimum absolute atomic E-state index is 0.300. The van der Waals surface area contributed by atoms with Crippen LogP contribution in [-0.4, -0.2) is 12.1 Å². The van der Waals surface area contributed by atoms with Crippen molar-refractivity contribution in [2.45, 2.75) is 0 Å². The Balaban J connectivity index is 2.65. The lowest BCUT2D eigenvalue weighted by Crippen LogP contribution is -1.94. The Morgan fingerprint density at radius 3 is 2.71 bits per heavy atom. The van der Waals surface area contributed by atoms with E-state index in [0.29, 0.717) is 22.6 Å². The van der Waals surface area contributed by atoms with Crippen molar-refractivity contribution in [2.24, 2.45) is 0 Å². The summed E-state index contributed by atoms with van der Waals surface area (Å²) in [7, 11) is 1.46. The summed E-state index contributed by atoms with van der Waals surface area (Å²) in [6.45, 7) is 0. The van der Waals surface area contributed by atoms with Gasteiger partial charge in [-0.15, -0.1) is 0 Å². The highest BCUT2D eigenvalue weighted by molar-refractivity contribution is 5.70. The quantitative estimate of drug-likeness (QED) is 0.793. The van der Waals surface area contributed by atoms with E-state index in [1.54, 1.807) is 24.3 Å². The van der Waals surface area contributed by atoms with Gasteiger partial charge in [-0.3, -0.25) is 0 Å². The van der Waals surface area contributed by atoms with Crippen LogP contribution >= 0.6 is 0 Å². The molecule has 17 heavy (non-hydrogen) atoms. The van der Waals surface area contributed by atoms with Gasteiger partial charge in [0, 0.05) is 17.3 Å². The fourth-order valence-electron chi connectivity index (χ4n) is 1.55. The average Bonchev–Trinajstić information content (AvgIpc) is 2.38. The third kappa shape index (κ3) is 2.08. The molecule has 2 aromatic rings. The first-order chi connectivity index (χ1) is 8.26. The molecule has 0 amide bonds. The molecule has 0 bridgehead atoms. The van der Waals surface area contributed by atoms with Gasteiger partial charge >= 0.3 is 0 Å². The van der Waals surface area contributed by atoms with Gasteiger partial charge in [-0.1, -0.05) is 18.2 Å². The second kappa shape index (κ2) is 4.62. The Hall–Kier alpha value is -2.41. The maximum atomic E-state index is 13.7. The molecule has 0 saturated carbocycles. The van der Waals surface area contributed by atoms with Gasteiger partial charge in [0.15, 0.2) is 0 Å². The lowest BCUT2D eigenvalue weighted by molar-refractivity contribution is 0.399. The second-order valence-corrected chi connectivity index (χ2v) is 3.37. The maximum absolute atomic E-state index is 13.7. The molecule has 0 radical (unpaired) electrons. The molecule has 1 heterocycles. The van der Waals surface area contributed by atoms with Crippen molar-refractivity contribution >= 4 is 0 Å². The molecule has 0 aliphatic rings. The van der Waals surface area contributed by atoms with Gasteiger partial charge in [0.05, 0.1) is 12.7 Å². The molecular formula is C13H9FN2O. The number of nitrogens with zero attached hydrogens (tertiary/aromatic N) is 2. The standard InChI is InChI=1S/C13H9FN2O/c1-17-13-11(6-9(7-15)8-16-13)10-4-2-3-5-12(10)14/h2-6,8H,1H3. The number of methoxy groups -OCH3 is 1. The predicted molar refractivity (Wildman–Crippen MR) is 60.9 cm³/mol. The van der Waals surface area contributed by atoms with Crippen LogP contribution in [0.25, 0.3) is 11.1 Å². The van der Waals surface area contributed by atoms with Crippen LogP contribution in [-0.2, 0) is 0 Å². The number of pyridine rings is 1. The molecule has 0 N–H and O–H groups in total. The van der Waals surface area contributed by atoms with Crippen LogP contribution < -0.4 is 4.74 Å². The third-order valence-electron chi connectivity index (χ3n) is 2.34. The van der Waals surface area contributed by atoms with E-state index in [1.807, 2.05) is 6.07 Å². The van der Waals surface area contributed by atoms with E-state index in [4.69, 9.17) is 10.00 Å². The highest BCUT2D eigenvalue weighted by Crippen LogP contribution is 2.30. The van der Waals surface area contributed by atoms with Gasteiger partial charge in [0.25, 0.3) is 0 Å². The van der Waals surface area contributed by atoms with Crippen molar-refractivity contribution in [1.29, 1.82) is 5.26 Å². The summed E-state index contributed by atoms with van der Waals surface area (Å²) < 4.78 is 18.7. The lowest BCUT2D eigenvalue weighted by atomic mass is 10.1. The maximum Gasteiger partial charge on any atom is 0.221 e.